The van der Waals surface area contributed by atoms with Crippen LogP contribution in [0.3, 0.4) is 0 Å². The second kappa shape index (κ2) is 5.95. The van der Waals surface area contributed by atoms with E-state index in [9.17, 15) is 0 Å². The van der Waals surface area contributed by atoms with Crippen LogP contribution in [0.4, 0.5) is 0 Å². The van der Waals surface area contributed by atoms with Crippen LogP contribution >= 0.6 is 34.7 Å². The van der Waals surface area contributed by atoms with Crippen molar-refractivity contribution in [1.29, 1.82) is 0 Å². The standard InChI is InChI=1S/C13H15ClN2OS2/c1-2-8-7-10-11(18-8)15-13(14)16-12(10)19-9-3-5-17-6-4-9/h7,9H,2-6H2,1H3. The molecule has 3 rings (SSSR count). The number of hydrogen-bond donors (Lipinski definition) is 0. The maximum absolute atomic E-state index is 6.04. The number of halogens is 1. The number of thioether (sulfide) groups is 1. The summed E-state index contributed by atoms with van der Waals surface area (Å²) in [5.74, 6) is 0. The predicted octanol–water partition coefficient (Wildman–Crippen LogP) is 4.18. The third kappa shape index (κ3) is 3.05. The second-order valence-electron chi connectivity index (χ2n) is 4.51. The molecule has 2 aromatic heterocycles. The number of rotatable bonds is 3. The molecule has 0 saturated carbocycles. The van der Waals surface area contributed by atoms with Gasteiger partial charge in [0.05, 0.1) is 0 Å². The average Bonchev–Trinajstić information content (AvgIpc) is 2.83. The van der Waals surface area contributed by atoms with E-state index in [0.717, 1.165) is 47.7 Å². The number of aryl methyl sites for hydroxylation is 1. The van der Waals surface area contributed by atoms with E-state index < -0.39 is 0 Å². The Morgan fingerprint density at radius 3 is 2.95 bits per heavy atom. The molecule has 0 amide bonds. The molecule has 2 aromatic rings. The molecular formula is C13H15ClN2OS2. The third-order valence-electron chi connectivity index (χ3n) is 3.18. The topological polar surface area (TPSA) is 35.0 Å². The number of thiophene rings is 1. The third-order valence-corrected chi connectivity index (χ3v) is 5.86. The van der Waals surface area contributed by atoms with Crippen molar-refractivity contribution in [3.05, 3.63) is 16.2 Å². The van der Waals surface area contributed by atoms with Gasteiger partial charge in [-0.1, -0.05) is 6.92 Å². The van der Waals surface area contributed by atoms with Gasteiger partial charge in [-0.2, -0.15) is 0 Å². The summed E-state index contributed by atoms with van der Waals surface area (Å²) in [7, 11) is 0. The van der Waals surface area contributed by atoms with Gasteiger partial charge in [-0.25, -0.2) is 9.97 Å². The van der Waals surface area contributed by atoms with Crippen molar-refractivity contribution in [2.24, 2.45) is 0 Å². The molecule has 0 atom stereocenters. The van der Waals surface area contributed by atoms with Gasteiger partial charge >= 0.3 is 0 Å². The summed E-state index contributed by atoms with van der Waals surface area (Å²) in [5.41, 5.74) is 0. The minimum absolute atomic E-state index is 0.353. The molecule has 0 bridgehead atoms. The monoisotopic (exact) mass is 314 g/mol. The van der Waals surface area contributed by atoms with Crippen molar-refractivity contribution in [2.75, 3.05) is 13.2 Å². The zero-order valence-electron chi connectivity index (χ0n) is 10.7. The van der Waals surface area contributed by atoms with E-state index in [2.05, 4.69) is 23.0 Å². The molecular weight excluding hydrogens is 300 g/mol. The molecule has 3 nitrogen and oxygen atoms in total. The van der Waals surface area contributed by atoms with Crippen molar-refractivity contribution in [1.82, 2.24) is 9.97 Å². The average molecular weight is 315 g/mol. The first-order chi connectivity index (χ1) is 9.26. The lowest BCUT2D eigenvalue weighted by Gasteiger charge is -2.21. The molecule has 3 heterocycles. The van der Waals surface area contributed by atoms with Gasteiger partial charge < -0.3 is 4.74 Å². The Kier molecular flexibility index (Phi) is 4.27. The smallest absolute Gasteiger partial charge is 0.224 e. The summed E-state index contributed by atoms with van der Waals surface area (Å²) in [4.78, 5) is 11.1. The van der Waals surface area contributed by atoms with Crippen molar-refractivity contribution in [3.8, 4) is 0 Å². The number of hydrogen-bond acceptors (Lipinski definition) is 5. The molecule has 1 saturated heterocycles. The first-order valence-corrected chi connectivity index (χ1v) is 8.54. The number of nitrogens with zero attached hydrogens (tertiary/aromatic N) is 2. The lowest BCUT2D eigenvalue weighted by atomic mass is 10.2. The molecule has 6 heteroatoms. The van der Waals surface area contributed by atoms with Crippen LogP contribution in [0.25, 0.3) is 10.2 Å². The lowest BCUT2D eigenvalue weighted by Crippen LogP contribution is -2.17. The molecule has 0 spiro atoms. The van der Waals surface area contributed by atoms with Crippen molar-refractivity contribution >= 4 is 44.9 Å². The Labute approximate surface area is 125 Å². The first-order valence-electron chi connectivity index (χ1n) is 6.46. The Hall–Kier alpha value is -0.360. The fourth-order valence-electron chi connectivity index (χ4n) is 2.14. The molecule has 0 radical (unpaired) electrons. The van der Waals surface area contributed by atoms with Gasteiger partial charge in [0.15, 0.2) is 0 Å². The van der Waals surface area contributed by atoms with E-state index in [1.807, 2.05) is 11.8 Å². The van der Waals surface area contributed by atoms with Crippen molar-refractivity contribution < 1.29 is 4.74 Å². The van der Waals surface area contributed by atoms with Gasteiger partial charge in [-0.15, -0.1) is 23.1 Å². The second-order valence-corrected chi connectivity index (χ2v) is 7.25. The normalized spacial score (nSPS) is 17.2. The maximum Gasteiger partial charge on any atom is 0.224 e. The number of ether oxygens (including phenoxy) is 1. The van der Waals surface area contributed by atoms with Crippen molar-refractivity contribution in [2.45, 2.75) is 36.5 Å². The van der Waals surface area contributed by atoms with Gasteiger partial charge in [0.2, 0.25) is 5.28 Å². The number of fused-ring (bicyclic) bond motifs is 1. The fraction of sp³-hybridized carbons (Fsp3) is 0.538. The summed E-state index contributed by atoms with van der Waals surface area (Å²) in [5, 5.41) is 3.11. The molecule has 0 unspecified atom stereocenters. The highest BCUT2D eigenvalue weighted by molar-refractivity contribution is 8.00. The molecule has 0 aliphatic carbocycles. The van der Waals surface area contributed by atoms with E-state index in [0.29, 0.717) is 10.5 Å². The molecule has 0 N–H and O–H groups in total. The number of aromatic nitrogens is 2. The molecule has 102 valence electrons. The van der Waals surface area contributed by atoms with Gasteiger partial charge in [0.25, 0.3) is 0 Å². The van der Waals surface area contributed by atoms with Crippen LogP contribution in [0, 0.1) is 0 Å². The molecule has 1 aliphatic heterocycles. The zero-order valence-corrected chi connectivity index (χ0v) is 13.1. The highest BCUT2D eigenvalue weighted by Crippen LogP contribution is 2.36. The highest BCUT2D eigenvalue weighted by Gasteiger charge is 2.19. The van der Waals surface area contributed by atoms with E-state index >= 15 is 0 Å². The van der Waals surface area contributed by atoms with Crippen LogP contribution in [0.2, 0.25) is 5.28 Å². The van der Waals surface area contributed by atoms with Gasteiger partial charge in [0.1, 0.15) is 9.86 Å². The van der Waals surface area contributed by atoms with Crippen LogP contribution in [-0.4, -0.2) is 28.4 Å². The molecule has 1 fully saturated rings. The summed E-state index contributed by atoms with van der Waals surface area (Å²) in [6.45, 7) is 3.86. The Morgan fingerprint density at radius 2 is 2.21 bits per heavy atom. The van der Waals surface area contributed by atoms with Gasteiger partial charge in [0, 0.05) is 28.7 Å². The first kappa shape index (κ1) is 13.6. The Bertz CT molecular complexity index is 581. The summed E-state index contributed by atoms with van der Waals surface area (Å²) >= 11 is 9.58. The maximum atomic E-state index is 6.04. The minimum atomic E-state index is 0.353. The van der Waals surface area contributed by atoms with Gasteiger partial charge in [-0.3, -0.25) is 0 Å². The summed E-state index contributed by atoms with van der Waals surface area (Å²) in [6.07, 6.45) is 3.19. The SMILES string of the molecule is CCc1cc2c(SC3CCOCC3)nc(Cl)nc2s1. The van der Waals surface area contributed by atoms with Crippen molar-refractivity contribution in [3.63, 3.8) is 0 Å². The van der Waals surface area contributed by atoms with E-state index in [1.165, 1.54) is 4.88 Å². The van der Waals surface area contributed by atoms with Gasteiger partial charge in [-0.05, 0) is 36.9 Å². The van der Waals surface area contributed by atoms with Crippen LogP contribution < -0.4 is 0 Å². The van der Waals surface area contributed by atoms with E-state index in [-0.39, 0.29) is 0 Å². The Morgan fingerprint density at radius 1 is 1.42 bits per heavy atom. The molecule has 1 aliphatic rings. The van der Waals surface area contributed by atoms with E-state index in [4.69, 9.17) is 16.3 Å². The molecule has 19 heavy (non-hydrogen) atoms. The largest absolute Gasteiger partial charge is 0.381 e. The zero-order chi connectivity index (χ0) is 13.2. The molecule has 0 aromatic carbocycles. The van der Waals surface area contributed by atoms with Crippen LogP contribution in [0.5, 0.6) is 0 Å². The van der Waals surface area contributed by atoms with E-state index in [1.54, 1.807) is 11.3 Å². The fourth-order valence-corrected chi connectivity index (χ4v) is 4.60. The lowest BCUT2D eigenvalue weighted by molar-refractivity contribution is 0.1000. The summed E-state index contributed by atoms with van der Waals surface area (Å²) < 4.78 is 5.40. The van der Waals surface area contributed by atoms with Crippen LogP contribution in [-0.2, 0) is 11.2 Å². The van der Waals surface area contributed by atoms with Crippen LogP contribution in [0.1, 0.15) is 24.6 Å². The quantitative estimate of drug-likeness (QED) is 0.629. The van der Waals surface area contributed by atoms with Crippen LogP contribution in [0.15, 0.2) is 11.1 Å². The Balaban J connectivity index is 1.94. The highest BCUT2D eigenvalue weighted by atomic mass is 35.5. The predicted molar refractivity (Wildman–Crippen MR) is 81.5 cm³/mol. The minimum Gasteiger partial charge on any atom is -0.381 e. The summed E-state index contributed by atoms with van der Waals surface area (Å²) in [6, 6.07) is 2.21.